The van der Waals surface area contributed by atoms with Gasteiger partial charge in [0, 0.05) is 5.69 Å². The van der Waals surface area contributed by atoms with Crippen LogP contribution in [-0.2, 0) is 6.42 Å². The van der Waals surface area contributed by atoms with Crippen molar-refractivity contribution in [3.05, 3.63) is 77.1 Å². The Kier molecular flexibility index (Phi) is 2.18. The number of hydrogen-bond acceptors (Lipinski definition) is 2. The topological polar surface area (TPSA) is 29.3 Å². The van der Waals surface area contributed by atoms with E-state index >= 15 is 0 Å². The Hall–Kier alpha value is -2.22. The number of para-hydroxylation sites is 1. The summed E-state index contributed by atoms with van der Waals surface area (Å²) in [4.78, 5) is 2.29. The van der Waals surface area contributed by atoms with E-state index in [4.69, 9.17) is 5.73 Å². The van der Waals surface area contributed by atoms with Crippen LogP contribution in [0, 0.1) is 0 Å². The van der Waals surface area contributed by atoms with Gasteiger partial charge in [-0.2, -0.15) is 0 Å². The summed E-state index contributed by atoms with van der Waals surface area (Å²) >= 11 is 0. The first-order chi connectivity index (χ1) is 9.34. The summed E-state index contributed by atoms with van der Waals surface area (Å²) in [5.41, 5.74) is 11.7. The molecular formula is C17H16N2. The molecule has 0 aromatic heterocycles. The van der Waals surface area contributed by atoms with Gasteiger partial charge in [0.25, 0.3) is 0 Å². The van der Waals surface area contributed by atoms with Crippen molar-refractivity contribution in [1.82, 2.24) is 0 Å². The fraction of sp³-hybridized carbons (Fsp3) is 0.176. The van der Waals surface area contributed by atoms with Crippen molar-refractivity contribution in [2.24, 2.45) is 5.73 Å². The normalized spacial score (nSPS) is 20.1. The monoisotopic (exact) mass is 248 g/mol. The highest BCUT2D eigenvalue weighted by Gasteiger charge is 2.32. The summed E-state index contributed by atoms with van der Waals surface area (Å²) in [5, 5.41) is 0. The molecule has 0 bridgehead atoms. The molecule has 0 amide bonds. The van der Waals surface area contributed by atoms with Gasteiger partial charge in [0.05, 0.1) is 11.9 Å². The van der Waals surface area contributed by atoms with Gasteiger partial charge < -0.3 is 10.6 Å². The lowest BCUT2D eigenvalue weighted by molar-refractivity contribution is 0.728. The van der Waals surface area contributed by atoms with Crippen LogP contribution in [0.1, 0.15) is 29.2 Å². The van der Waals surface area contributed by atoms with E-state index in [1.165, 1.54) is 22.4 Å². The van der Waals surface area contributed by atoms with Crippen molar-refractivity contribution in [1.29, 1.82) is 0 Å². The first kappa shape index (κ1) is 10.7. The van der Waals surface area contributed by atoms with Gasteiger partial charge in [-0.25, -0.2) is 0 Å². The highest BCUT2D eigenvalue weighted by Crippen LogP contribution is 2.43. The molecule has 2 nitrogen and oxygen atoms in total. The summed E-state index contributed by atoms with van der Waals surface area (Å²) in [7, 11) is 0. The van der Waals surface area contributed by atoms with Crippen LogP contribution in [0.5, 0.6) is 0 Å². The van der Waals surface area contributed by atoms with Crippen LogP contribution < -0.4 is 10.6 Å². The molecule has 0 saturated carbocycles. The highest BCUT2D eigenvalue weighted by atomic mass is 15.2. The molecule has 2 heteroatoms. The van der Waals surface area contributed by atoms with Crippen LogP contribution in [0.15, 0.2) is 60.4 Å². The second-order valence-corrected chi connectivity index (χ2v) is 5.25. The first-order valence-electron chi connectivity index (χ1n) is 6.75. The molecule has 2 aliphatic rings. The molecular weight excluding hydrogens is 232 g/mol. The standard InChI is InChI=1S/C17H16N2/c18-17-10-9-16-14-7-3-1-5-12(14)11-13-6-2-4-8-15(13)19(16)17/h1-8,10,16H,9,11,18H2. The van der Waals surface area contributed by atoms with Gasteiger partial charge in [-0.05, 0) is 41.7 Å². The molecule has 0 aliphatic carbocycles. The lowest BCUT2D eigenvalue weighted by Gasteiger charge is -2.28. The van der Waals surface area contributed by atoms with Crippen LogP contribution in [0.3, 0.4) is 0 Å². The van der Waals surface area contributed by atoms with Crippen molar-refractivity contribution >= 4 is 5.69 Å². The summed E-state index contributed by atoms with van der Waals surface area (Å²) < 4.78 is 0. The largest absolute Gasteiger partial charge is 0.385 e. The molecule has 2 heterocycles. The van der Waals surface area contributed by atoms with E-state index in [0.29, 0.717) is 6.04 Å². The fourth-order valence-electron chi connectivity index (χ4n) is 3.31. The number of nitrogens with two attached hydrogens (primary N) is 1. The average Bonchev–Trinajstić information content (AvgIpc) is 2.75. The molecule has 0 saturated heterocycles. The molecule has 2 aromatic carbocycles. The van der Waals surface area contributed by atoms with Crippen LogP contribution in [0.2, 0.25) is 0 Å². The molecule has 4 rings (SSSR count). The minimum atomic E-state index is 0.361. The molecule has 0 radical (unpaired) electrons. The van der Waals surface area contributed by atoms with E-state index in [-0.39, 0.29) is 0 Å². The second kappa shape index (κ2) is 3.89. The number of rotatable bonds is 0. The lowest BCUT2D eigenvalue weighted by atomic mass is 9.96. The summed E-state index contributed by atoms with van der Waals surface area (Å²) in [5.74, 6) is 0.883. The number of benzene rings is 2. The van der Waals surface area contributed by atoms with Gasteiger partial charge in [-0.1, -0.05) is 42.5 Å². The number of nitrogens with zero attached hydrogens (tertiary/aromatic N) is 1. The molecule has 94 valence electrons. The zero-order valence-electron chi connectivity index (χ0n) is 10.7. The number of fused-ring (bicyclic) bond motifs is 5. The molecule has 0 spiro atoms. The Bertz CT molecular complexity index is 672. The summed E-state index contributed by atoms with van der Waals surface area (Å²) in [6.07, 6.45) is 4.13. The van der Waals surface area contributed by atoms with E-state index in [0.717, 1.165) is 18.7 Å². The van der Waals surface area contributed by atoms with Crippen molar-refractivity contribution in [2.75, 3.05) is 4.90 Å². The van der Waals surface area contributed by atoms with Crippen molar-refractivity contribution in [2.45, 2.75) is 18.9 Å². The maximum Gasteiger partial charge on any atom is 0.0997 e. The molecule has 19 heavy (non-hydrogen) atoms. The Balaban J connectivity index is 1.98. The van der Waals surface area contributed by atoms with Gasteiger partial charge in [-0.3, -0.25) is 0 Å². The third-order valence-electron chi connectivity index (χ3n) is 4.19. The average molecular weight is 248 g/mol. The van der Waals surface area contributed by atoms with E-state index < -0.39 is 0 Å². The fourth-order valence-corrected chi connectivity index (χ4v) is 3.31. The van der Waals surface area contributed by atoms with E-state index in [1.807, 2.05) is 0 Å². The Morgan fingerprint density at radius 1 is 0.947 bits per heavy atom. The third kappa shape index (κ3) is 1.49. The highest BCUT2D eigenvalue weighted by molar-refractivity contribution is 5.65. The number of anilines is 1. The Morgan fingerprint density at radius 2 is 1.68 bits per heavy atom. The van der Waals surface area contributed by atoms with Gasteiger partial charge >= 0.3 is 0 Å². The van der Waals surface area contributed by atoms with Crippen molar-refractivity contribution < 1.29 is 0 Å². The third-order valence-corrected chi connectivity index (χ3v) is 4.19. The van der Waals surface area contributed by atoms with E-state index in [9.17, 15) is 0 Å². The second-order valence-electron chi connectivity index (χ2n) is 5.25. The van der Waals surface area contributed by atoms with Gasteiger partial charge in [-0.15, -0.1) is 0 Å². The van der Waals surface area contributed by atoms with Gasteiger partial charge in [0.1, 0.15) is 0 Å². The van der Waals surface area contributed by atoms with Crippen LogP contribution in [0.25, 0.3) is 0 Å². The van der Waals surface area contributed by atoms with Crippen molar-refractivity contribution in [3.63, 3.8) is 0 Å². The lowest BCUT2D eigenvalue weighted by Crippen LogP contribution is -2.27. The van der Waals surface area contributed by atoms with Crippen LogP contribution in [-0.4, -0.2) is 0 Å². The van der Waals surface area contributed by atoms with Gasteiger partial charge in [0.2, 0.25) is 0 Å². The predicted molar refractivity (Wildman–Crippen MR) is 77.8 cm³/mol. The van der Waals surface area contributed by atoms with Crippen LogP contribution >= 0.6 is 0 Å². The Labute approximate surface area is 113 Å². The minimum Gasteiger partial charge on any atom is -0.385 e. The number of hydrogen-bond donors (Lipinski definition) is 1. The maximum absolute atomic E-state index is 6.22. The minimum absolute atomic E-state index is 0.361. The molecule has 1 unspecified atom stereocenters. The zero-order chi connectivity index (χ0) is 12.8. The van der Waals surface area contributed by atoms with Crippen LogP contribution in [0.4, 0.5) is 5.69 Å². The summed E-state index contributed by atoms with van der Waals surface area (Å²) in [6, 6.07) is 17.7. The molecule has 2 aromatic rings. The smallest absolute Gasteiger partial charge is 0.0997 e. The van der Waals surface area contributed by atoms with E-state index in [1.54, 1.807) is 0 Å². The first-order valence-corrected chi connectivity index (χ1v) is 6.75. The zero-order valence-corrected chi connectivity index (χ0v) is 10.7. The molecule has 0 fully saturated rings. The summed E-state index contributed by atoms with van der Waals surface area (Å²) in [6.45, 7) is 0. The van der Waals surface area contributed by atoms with Crippen molar-refractivity contribution in [3.8, 4) is 0 Å². The maximum atomic E-state index is 6.22. The quantitative estimate of drug-likeness (QED) is 0.774. The molecule has 1 atom stereocenters. The van der Waals surface area contributed by atoms with Gasteiger partial charge in [0.15, 0.2) is 0 Å². The SMILES string of the molecule is NC1=CCC2c3ccccc3Cc3ccccc3N12. The predicted octanol–water partition coefficient (Wildman–Crippen LogP) is 3.34. The van der Waals surface area contributed by atoms with E-state index in [2.05, 4.69) is 59.5 Å². The Morgan fingerprint density at radius 3 is 2.58 bits per heavy atom. The molecule has 2 aliphatic heterocycles. The molecule has 2 N–H and O–H groups in total.